The molecule has 1 fully saturated rings. The summed E-state index contributed by atoms with van der Waals surface area (Å²) in [4.78, 5) is 13.7. The maximum atomic E-state index is 11.8. The average molecular weight is 210 g/mol. The molecule has 1 amide bonds. The van der Waals surface area contributed by atoms with Crippen LogP contribution in [0.3, 0.4) is 0 Å². The molecule has 0 saturated carbocycles. The van der Waals surface area contributed by atoms with Crippen LogP contribution in [0.2, 0.25) is 0 Å². The lowest BCUT2D eigenvalue weighted by Crippen LogP contribution is -2.41. The van der Waals surface area contributed by atoms with Crippen LogP contribution in [0, 0.1) is 0 Å². The summed E-state index contributed by atoms with van der Waals surface area (Å²) in [6.07, 6.45) is 3.46. The van der Waals surface area contributed by atoms with Crippen LogP contribution < -0.4 is 5.73 Å². The second kappa shape index (κ2) is 4.35. The van der Waals surface area contributed by atoms with Crippen molar-refractivity contribution in [3.05, 3.63) is 6.33 Å². The third-order valence-corrected chi connectivity index (χ3v) is 2.66. The first-order valence-electron chi connectivity index (χ1n) is 5.01. The molecule has 2 heterocycles. The molecule has 1 saturated heterocycles. The van der Waals surface area contributed by atoms with Crippen molar-refractivity contribution in [1.82, 2.24) is 25.1 Å². The summed E-state index contributed by atoms with van der Waals surface area (Å²) in [7, 11) is 0. The van der Waals surface area contributed by atoms with E-state index >= 15 is 0 Å². The van der Waals surface area contributed by atoms with Crippen LogP contribution in [-0.2, 0) is 11.3 Å². The Morgan fingerprint density at radius 1 is 1.60 bits per heavy atom. The van der Waals surface area contributed by atoms with Gasteiger partial charge in [0.2, 0.25) is 5.91 Å². The van der Waals surface area contributed by atoms with E-state index in [0.717, 1.165) is 19.4 Å². The topological polar surface area (TPSA) is 89.9 Å². The van der Waals surface area contributed by atoms with Gasteiger partial charge in [0.1, 0.15) is 12.9 Å². The maximum Gasteiger partial charge on any atom is 0.244 e. The summed E-state index contributed by atoms with van der Waals surface area (Å²) in [6, 6.07) is 0.189. The van der Waals surface area contributed by atoms with Crippen molar-refractivity contribution < 1.29 is 4.79 Å². The van der Waals surface area contributed by atoms with Gasteiger partial charge in [0.15, 0.2) is 0 Å². The standard InChI is InChI=1S/C8H14N6O/c9-4-7-2-1-3-14(7)8(15)5-13-6-10-11-12-13/h6-7H,1-5,9H2. The molecule has 1 aliphatic rings. The number of nitrogens with zero attached hydrogens (tertiary/aromatic N) is 5. The van der Waals surface area contributed by atoms with Gasteiger partial charge in [0.25, 0.3) is 0 Å². The monoisotopic (exact) mass is 210 g/mol. The molecule has 0 aromatic carbocycles. The van der Waals surface area contributed by atoms with Gasteiger partial charge < -0.3 is 10.6 Å². The van der Waals surface area contributed by atoms with Crippen molar-refractivity contribution in [3.8, 4) is 0 Å². The third kappa shape index (κ3) is 2.12. The van der Waals surface area contributed by atoms with Crippen molar-refractivity contribution in [3.63, 3.8) is 0 Å². The molecule has 7 heteroatoms. The van der Waals surface area contributed by atoms with E-state index in [0.29, 0.717) is 6.54 Å². The molecular weight excluding hydrogens is 196 g/mol. The Bertz CT molecular complexity index is 324. The smallest absolute Gasteiger partial charge is 0.244 e. The Morgan fingerprint density at radius 2 is 2.47 bits per heavy atom. The van der Waals surface area contributed by atoms with Crippen LogP contribution in [0.4, 0.5) is 0 Å². The fourth-order valence-corrected chi connectivity index (χ4v) is 1.89. The minimum absolute atomic E-state index is 0.0373. The van der Waals surface area contributed by atoms with Gasteiger partial charge in [0.05, 0.1) is 0 Å². The highest BCUT2D eigenvalue weighted by Gasteiger charge is 2.27. The van der Waals surface area contributed by atoms with Gasteiger partial charge in [0, 0.05) is 19.1 Å². The van der Waals surface area contributed by atoms with E-state index in [9.17, 15) is 4.79 Å². The number of aromatic nitrogens is 4. The van der Waals surface area contributed by atoms with Crippen molar-refractivity contribution in [2.45, 2.75) is 25.4 Å². The molecule has 1 aliphatic heterocycles. The number of nitrogens with two attached hydrogens (primary N) is 1. The van der Waals surface area contributed by atoms with Crippen LogP contribution in [0.15, 0.2) is 6.33 Å². The van der Waals surface area contributed by atoms with Gasteiger partial charge in [-0.15, -0.1) is 5.10 Å². The molecule has 0 bridgehead atoms. The molecule has 0 spiro atoms. The van der Waals surface area contributed by atoms with Crippen LogP contribution in [0.5, 0.6) is 0 Å². The molecule has 1 atom stereocenters. The Morgan fingerprint density at radius 3 is 3.13 bits per heavy atom. The van der Waals surface area contributed by atoms with Crippen molar-refractivity contribution in [1.29, 1.82) is 0 Å². The summed E-state index contributed by atoms with van der Waals surface area (Å²) < 4.78 is 1.42. The quantitative estimate of drug-likeness (QED) is 0.664. The van der Waals surface area contributed by atoms with Crippen LogP contribution in [-0.4, -0.2) is 50.1 Å². The number of carbonyl (C=O) groups excluding carboxylic acids is 1. The Kier molecular flexibility index (Phi) is 2.91. The molecule has 0 radical (unpaired) electrons. The molecule has 2 N–H and O–H groups in total. The lowest BCUT2D eigenvalue weighted by Gasteiger charge is -2.23. The zero-order chi connectivity index (χ0) is 10.7. The van der Waals surface area contributed by atoms with E-state index in [1.807, 2.05) is 4.90 Å². The number of hydrogen-bond acceptors (Lipinski definition) is 5. The average Bonchev–Trinajstić information content (AvgIpc) is 2.86. The summed E-state index contributed by atoms with van der Waals surface area (Å²) in [5.74, 6) is 0.0373. The highest BCUT2D eigenvalue weighted by molar-refractivity contribution is 5.76. The minimum Gasteiger partial charge on any atom is -0.337 e. The van der Waals surface area contributed by atoms with E-state index in [-0.39, 0.29) is 18.5 Å². The van der Waals surface area contributed by atoms with E-state index in [2.05, 4.69) is 15.5 Å². The summed E-state index contributed by atoms with van der Waals surface area (Å²) in [5.41, 5.74) is 5.59. The molecular formula is C8H14N6O. The van der Waals surface area contributed by atoms with E-state index < -0.39 is 0 Å². The number of rotatable bonds is 3. The molecule has 1 aromatic heterocycles. The summed E-state index contributed by atoms with van der Waals surface area (Å²) >= 11 is 0. The molecule has 15 heavy (non-hydrogen) atoms. The predicted molar refractivity (Wildman–Crippen MR) is 51.6 cm³/mol. The van der Waals surface area contributed by atoms with Crippen molar-refractivity contribution in [2.75, 3.05) is 13.1 Å². The Balaban J connectivity index is 1.96. The second-order valence-corrected chi connectivity index (χ2v) is 3.63. The van der Waals surface area contributed by atoms with Crippen molar-refractivity contribution >= 4 is 5.91 Å². The Hall–Kier alpha value is -1.50. The lowest BCUT2D eigenvalue weighted by molar-refractivity contribution is -0.132. The predicted octanol–water partition coefficient (Wildman–Crippen LogP) is -1.38. The fraction of sp³-hybridized carbons (Fsp3) is 0.750. The number of carbonyl (C=O) groups is 1. The molecule has 2 rings (SSSR count). The fourth-order valence-electron chi connectivity index (χ4n) is 1.89. The van der Waals surface area contributed by atoms with Gasteiger partial charge in [-0.05, 0) is 23.3 Å². The van der Waals surface area contributed by atoms with E-state index in [1.165, 1.54) is 11.0 Å². The molecule has 1 unspecified atom stereocenters. The van der Waals surface area contributed by atoms with Gasteiger partial charge in [-0.25, -0.2) is 4.68 Å². The maximum absolute atomic E-state index is 11.8. The molecule has 0 aliphatic carbocycles. The SMILES string of the molecule is NCC1CCCN1C(=O)Cn1cnnn1. The number of amides is 1. The lowest BCUT2D eigenvalue weighted by atomic mass is 10.2. The first-order valence-corrected chi connectivity index (χ1v) is 5.01. The van der Waals surface area contributed by atoms with Crippen molar-refractivity contribution in [2.24, 2.45) is 5.73 Å². The van der Waals surface area contributed by atoms with Gasteiger partial charge in [-0.3, -0.25) is 4.79 Å². The molecule has 7 nitrogen and oxygen atoms in total. The summed E-state index contributed by atoms with van der Waals surface area (Å²) in [5, 5.41) is 10.6. The highest BCUT2D eigenvalue weighted by atomic mass is 16.2. The first-order chi connectivity index (χ1) is 7.31. The van der Waals surface area contributed by atoms with Crippen LogP contribution in [0.1, 0.15) is 12.8 Å². The molecule has 82 valence electrons. The largest absolute Gasteiger partial charge is 0.337 e. The Labute approximate surface area is 87.2 Å². The van der Waals surface area contributed by atoms with E-state index in [4.69, 9.17) is 5.73 Å². The van der Waals surface area contributed by atoms with Gasteiger partial charge in [-0.1, -0.05) is 0 Å². The minimum atomic E-state index is 0.0373. The van der Waals surface area contributed by atoms with Gasteiger partial charge in [-0.2, -0.15) is 0 Å². The van der Waals surface area contributed by atoms with Gasteiger partial charge >= 0.3 is 0 Å². The van der Waals surface area contributed by atoms with Crippen LogP contribution in [0.25, 0.3) is 0 Å². The van der Waals surface area contributed by atoms with E-state index in [1.54, 1.807) is 0 Å². The van der Waals surface area contributed by atoms with Crippen LogP contribution >= 0.6 is 0 Å². The highest BCUT2D eigenvalue weighted by Crippen LogP contribution is 2.16. The normalized spacial score (nSPS) is 20.9. The number of hydrogen-bond donors (Lipinski definition) is 1. The summed E-state index contributed by atoms with van der Waals surface area (Å²) in [6.45, 7) is 1.52. The third-order valence-electron chi connectivity index (χ3n) is 2.66. The zero-order valence-electron chi connectivity index (χ0n) is 8.41. The number of tetrazole rings is 1. The molecule has 1 aromatic rings. The second-order valence-electron chi connectivity index (χ2n) is 3.63. The first kappa shape index (κ1) is 10.0. The zero-order valence-corrected chi connectivity index (χ0v) is 8.41. The number of likely N-dealkylation sites (tertiary alicyclic amines) is 1.